The van der Waals surface area contributed by atoms with E-state index in [0.29, 0.717) is 12.6 Å². The number of nitrogens with zero attached hydrogens (tertiary/aromatic N) is 1. The molecule has 3 nitrogen and oxygen atoms in total. The smallest absolute Gasteiger partial charge is 0.328 e. The molecule has 12 heavy (non-hydrogen) atoms. The number of carboxylic acids is 1. The van der Waals surface area contributed by atoms with Gasteiger partial charge >= 0.3 is 5.97 Å². The first-order chi connectivity index (χ1) is 5.57. The lowest BCUT2D eigenvalue weighted by molar-refractivity contribution is -0.131. The largest absolute Gasteiger partial charge is 0.478 e. The molecule has 0 fully saturated rings. The van der Waals surface area contributed by atoms with Crippen LogP contribution >= 0.6 is 0 Å². The third-order valence-corrected chi connectivity index (χ3v) is 1.74. The summed E-state index contributed by atoms with van der Waals surface area (Å²) in [5.74, 6) is -0.880. The highest BCUT2D eigenvalue weighted by molar-refractivity contribution is 5.79. The summed E-state index contributed by atoms with van der Waals surface area (Å²) < 4.78 is 0. The van der Waals surface area contributed by atoms with Crippen LogP contribution in [0.25, 0.3) is 0 Å². The highest BCUT2D eigenvalue weighted by atomic mass is 16.4. The standard InChI is InChI=1S/C9H17NO2/c1-4-10(8(2)3)7-5-6-9(11)12/h5-6,8H,4,7H2,1-3H3,(H,11,12)/b6-5+. The van der Waals surface area contributed by atoms with Gasteiger partial charge in [0.05, 0.1) is 0 Å². The summed E-state index contributed by atoms with van der Waals surface area (Å²) in [4.78, 5) is 12.3. The zero-order chi connectivity index (χ0) is 9.56. The second-order valence-electron chi connectivity index (χ2n) is 2.92. The molecule has 70 valence electrons. The third-order valence-electron chi connectivity index (χ3n) is 1.74. The number of hydrogen-bond acceptors (Lipinski definition) is 2. The molecular weight excluding hydrogens is 154 g/mol. The fourth-order valence-electron chi connectivity index (χ4n) is 0.994. The van der Waals surface area contributed by atoms with E-state index in [2.05, 4.69) is 25.7 Å². The van der Waals surface area contributed by atoms with Crippen LogP contribution in [0.1, 0.15) is 20.8 Å². The Labute approximate surface area is 73.7 Å². The SMILES string of the molecule is CCN(C/C=C/C(=O)O)C(C)C. The quantitative estimate of drug-likeness (QED) is 0.635. The van der Waals surface area contributed by atoms with Gasteiger partial charge in [0.2, 0.25) is 0 Å². The van der Waals surface area contributed by atoms with E-state index in [4.69, 9.17) is 5.11 Å². The molecule has 3 heteroatoms. The van der Waals surface area contributed by atoms with Crippen LogP contribution in [0.5, 0.6) is 0 Å². The molecule has 0 spiro atoms. The van der Waals surface area contributed by atoms with Crippen molar-refractivity contribution in [3.8, 4) is 0 Å². The molecule has 0 atom stereocenters. The molecule has 0 saturated carbocycles. The fourth-order valence-corrected chi connectivity index (χ4v) is 0.994. The van der Waals surface area contributed by atoms with Crippen LogP contribution in [0.4, 0.5) is 0 Å². The van der Waals surface area contributed by atoms with Crippen molar-refractivity contribution in [1.29, 1.82) is 0 Å². The van der Waals surface area contributed by atoms with Crippen molar-refractivity contribution in [3.63, 3.8) is 0 Å². The Morgan fingerprint density at radius 2 is 2.17 bits per heavy atom. The van der Waals surface area contributed by atoms with E-state index in [0.717, 1.165) is 6.54 Å². The molecular formula is C9H17NO2. The molecule has 0 amide bonds. The predicted molar refractivity (Wildman–Crippen MR) is 49.2 cm³/mol. The minimum Gasteiger partial charge on any atom is -0.478 e. The van der Waals surface area contributed by atoms with Crippen molar-refractivity contribution in [2.75, 3.05) is 13.1 Å². The van der Waals surface area contributed by atoms with Gasteiger partial charge in [-0.1, -0.05) is 13.0 Å². The van der Waals surface area contributed by atoms with Crippen molar-refractivity contribution in [2.45, 2.75) is 26.8 Å². The maximum Gasteiger partial charge on any atom is 0.328 e. The lowest BCUT2D eigenvalue weighted by Crippen LogP contribution is -2.30. The first-order valence-electron chi connectivity index (χ1n) is 4.21. The molecule has 0 aromatic carbocycles. The second kappa shape index (κ2) is 5.77. The normalized spacial score (nSPS) is 11.8. The van der Waals surface area contributed by atoms with Crippen molar-refractivity contribution in [1.82, 2.24) is 4.90 Å². The summed E-state index contributed by atoms with van der Waals surface area (Å²) in [6.07, 6.45) is 2.86. The Morgan fingerprint density at radius 3 is 2.50 bits per heavy atom. The van der Waals surface area contributed by atoms with Crippen LogP contribution < -0.4 is 0 Å². The van der Waals surface area contributed by atoms with Gasteiger partial charge in [0, 0.05) is 18.7 Å². The van der Waals surface area contributed by atoms with Crippen LogP contribution in [0.2, 0.25) is 0 Å². The van der Waals surface area contributed by atoms with E-state index in [1.54, 1.807) is 6.08 Å². The molecule has 0 unspecified atom stereocenters. The first kappa shape index (κ1) is 11.2. The zero-order valence-electron chi connectivity index (χ0n) is 7.95. The van der Waals surface area contributed by atoms with Crippen molar-refractivity contribution >= 4 is 5.97 Å². The highest BCUT2D eigenvalue weighted by Gasteiger charge is 2.03. The summed E-state index contributed by atoms with van der Waals surface area (Å²) in [5, 5.41) is 8.33. The molecule has 0 aliphatic heterocycles. The van der Waals surface area contributed by atoms with Crippen LogP contribution in [-0.2, 0) is 4.79 Å². The average molecular weight is 171 g/mol. The summed E-state index contributed by atoms with van der Waals surface area (Å²) in [7, 11) is 0. The van der Waals surface area contributed by atoms with Crippen LogP contribution in [0, 0.1) is 0 Å². The molecule has 0 aromatic heterocycles. The maximum atomic E-state index is 10.1. The third kappa shape index (κ3) is 4.91. The molecule has 0 radical (unpaired) electrons. The Kier molecular flexibility index (Phi) is 5.37. The number of likely N-dealkylation sites (N-methyl/N-ethyl adjacent to an activating group) is 1. The predicted octanol–water partition coefficient (Wildman–Crippen LogP) is 1.36. The molecule has 0 saturated heterocycles. The van der Waals surface area contributed by atoms with Gasteiger partial charge in [-0.2, -0.15) is 0 Å². The number of carbonyl (C=O) groups is 1. The lowest BCUT2D eigenvalue weighted by atomic mass is 10.3. The summed E-state index contributed by atoms with van der Waals surface area (Å²) in [5.41, 5.74) is 0. The van der Waals surface area contributed by atoms with Gasteiger partial charge in [0.25, 0.3) is 0 Å². The van der Waals surface area contributed by atoms with E-state index in [-0.39, 0.29) is 0 Å². The summed E-state index contributed by atoms with van der Waals surface area (Å²) in [6, 6.07) is 0.466. The lowest BCUT2D eigenvalue weighted by Gasteiger charge is -2.22. The number of rotatable bonds is 5. The second-order valence-corrected chi connectivity index (χ2v) is 2.92. The van der Waals surface area contributed by atoms with Crippen molar-refractivity contribution in [2.24, 2.45) is 0 Å². The number of aliphatic carboxylic acids is 1. The van der Waals surface area contributed by atoms with E-state index in [9.17, 15) is 4.79 Å². The van der Waals surface area contributed by atoms with Gasteiger partial charge in [0.1, 0.15) is 0 Å². The number of hydrogen-bond donors (Lipinski definition) is 1. The monoisotopic (exact) mass is 171 g/mol. The van der Waals surface area contributed by atoms with Crippen molar-refractivity contribution < 1.29 is 9.90 Å². The van der Waals surface area contributed by atoms with Crippen molar-refractivity contribution in [3.05, 3.63) is 12.2 Å². The van der Waals surface area contributed by atoms with E-state index in [1.807, 2.05) is 0 Å². The van der Waals surface area contributed by atoms with Gasteiger partial charge in [-0.3, -0.25) is 4.90 Å². The molecule has 0 aliphatic carbocycles. The van der Waals surface area contributed by atoms with Crippen LogP contribution in [0.3, 0.4) is 0 Å². The zero-order valence-corrected chi connectivity index (χ0v) is 7.95. The van der Waals surface area contributed by atoms with E-state index >= 15 is 0 Å². The van der Waals surface area contributed by atoms with Gasteiger partial charge in [-0.15, -0.1) is 0 Å². The topological polar surface area (TPSA) is 40.5 Å². The minimum absolute atomic E-state index is 0.466. The minimum atomic E-state index is -0.880. The van der Waals surface area contributed by atoms with Crippen LogP contribution in [-0.4, -0.2) is 35.1 Å². The van der Waals surface area contributed by atoms with Crippen LogP contribution in [0.15, 0.2) is 12.2 Å². The fraction of sp³-hybridized carbons (Fsp3) is 0.667. The molecule has 0 aromatic rings. The number of carboxylic acid groups (broad SMARTS) is 1. The summed E-state index contributed by atoms with van der Waals surface area (Å²) >= 11 is 0. The molecule has 0 aliphatic rings. The summed E-state index contributed by atoms with van der Waals surface area (Å²) in [6.45, 7) is 7.91. The van der Waals surface area contributed by atoms with Gasteiger partial charge in [0.15, 0.2) is 0 Å². The highest BCUT2D eigenvalue weighted by Crippen LogP contribution is 1.96. The van der Waals surface area contributed by atoms with E-state index < -0.39 is 5.97 Å². The van der Waals surface area contributed by atoms with E-state index in [1.165, 1.54) is 6.08 Å². The van der Waals surface area contributed by atoms with Gasteiger partial charge in [-0.25, -0.2) is 4.79 Å². The maximum absolute atomic E-state index is 10.1. The van der Waals surface area contributed by atoms with Gasteiger partial charge < -0.3 is 5.11 Å². The molecule has 0 bridgehead atoms. The Balaban J connectivity index is 3.80. The van der Waals surface area contributed by atoms with Gasteiger partial charge in [-0.05, 0) is 20.4 Å². The average Bonchev–Trinajstić information content (AvgIpc) is 1.96. The Hall–Kier alpha value is -0.830. The molecule has 0 heterocycles. The molecule has 0 rings (SSSR count). The Morgan fingerprint density at radius 1 is 1.58 bits per heavy atom. The first-order valence-corrected chi connectivity index (χ1v) is 4.21. The Bertz CT molecular complexity index is 164. The molecule has 1 N–H and O–H groups in total.